The van der Waals surface area contributed by atoms with Crippen LogP contribution in [0.5, 0.6) is 11.5 Å². The Balaban J connectivity index is 2.15. The minimum absolute atomic E-state index is 0.334. The van der Waals surface area contributed by atoms with E-state index in [9.17, 15) is 4.79 Å². The Labute approximate surface area is 147 Å². The molecule has 1 N–H and O–H groups in total. The van der Waals surface area contributed by atoms with Crippen molar-refractivity contribution in [1.29, 1.82) is 0 Å². The molecule has 0 spiro atoms. The third-order valence-corrected chi connectivity index (χ3v) is 3.66. The molecule has 0 fully saturated rings. The number of benzene rings is 2. The van der Waals surface area contributed by atoms with Gasteiger partial charge in [0, 0.05) is 20.6 Å². The zero-order valence-electron chi connectivity index (χ0n) is 12.5. The van der Waals surface area contributed by atoms with Crippen molar-refractivity contribution in [2.75, 3.05) is 14.2 Å². The Morgan fingerprint density at radius 1 is 1.22 bits per heavy atom. The van der Waals surface area contributed by atoms with E-state index in [0.29, 0.717) is 27.6 Å². The Morgan fingerprint density at radius 2 is 1.91 bits per heavy atom. The summed E-state index contributed by atoms with van der Waals surface area (Å²) in [6.07, 6.45) is 1.49. The largest absolute Gasteiger partial charge is 0.493 e. The molecular formula is C16H14BrClN2O3. The average molecular weight is 398 g/mol. The van der Waals surface area contributed by atoms with Crippen LogP contribution in [0.25, 0.3) is 0 Å². The number of ether oxygens (including phenoxy) is 2. The van der Waals surface area contributed by atoms with Crippen LogP contribution >= 0.6 is 27.5 Å². The molecule has 1 amide bonds. The maximum atomic E-state index is 12.0. The molecule has 0 aromatic heterocycles. The first-order valence-corrected chi connectivity index (χ1v) is 7.72. The van der Waals surface area contributed by atoms with E-state index in [1.54, 1.807) is 43.5 Å². The number of hydrogen-bond donors (Lipinski definition) is 1. The summed E-state index contributed by atoms with van der Waals surface area (Å²) < 4.78 is 11.4. The molecule has 7 heteroatoms. The second kappa shape index (κ2) is 7.99. The van der Waals surface area contributed by atoms with Gasteiger partial charge in [-0.25, -0.2) is 5.43 Å². The summed E-state index contributed by atoms with van der Waals surface area (Å²) in [6.45, 7) is 0. The molecule has 5 nitrogen and oxygen atoms in total. The highest BCUT2D eigenvalue weighted by molar-refractivity contribution is 9.10. The molecule has 23 heavy (non-hydrogen) atoms. The van der Waals surface area contributed by atoms with Crippen molar-refractivity contribution < 1.29 is 14.3 Å². The third kappa shape index (κ3) is 4.46. The van der Waals surface area contributed by atoms with Crippen molar-refractivity contribution >= 4 is 39.7 Å². The fourth-order valence-corrected chi connectivity index (χ4v) is 2.46. The molecular weight excluding hydrogens is 384 g/mol. The quantitative estimate of drug-likeness (QED) is 0.615. The van der Waals surface area contributed by atoms with Crippen molar-refractivity contribution in [2.24, 2.45) is 5.10 Å². The molecule has 0 radical (unpaired) electrons. The Kier molecular flexibility index (Phi) is 6.01. The van der Waals surface area contributed by atoms with Gasteiger partial charge in [0.25, 0.3) is 5.91 Å². The van der Waals surface area contributed by atoms with Crippen LogP contribution in [0.3, 0.4) is 0 Å². The lowest BCUT2D eigenvalue weighted by atomic mass is 10.2. The highest BCUT2D eigenvalue weighted by atomic mass is 79.9. The first-order valence-electron chi connectivity index (χ1n) is 6.55. The maximum Gasteiger partial charge on any atom is 0.271 e. The lowest BCUT2D eigenvalue weighted by Gasteiger charge is -2.10. The Morgan fingerprint density at radius 3 is 2.52 bits per heavy atom. The van der Waals surface area contributed by atoms with Crippen LogP contribution in [0.15, 0.2) is 46.0 Å². The fraction of sp³-hybridized carbons (Fsp3) is 0.125. The number of nitrogens with one attached hydrogen (secondary N) is 1. The normalized spacial score (nSPS) is 10.6. The number of amides is 1. The zero-order valence-corrected chi connectivity index (χ0v) is 14.8. The number of nitrogens with zero attached hydrogens (tertiary/aromatic N) is 1. The van der Waals surface area contributed by atoms with Gasteiger partial charge < -0.3 is 9.47 Å². The summed E-state index contributed by atoms with van der Waals surface area (Å²) in [4.78, 5) is 12.0. The lowest BCUT2D eigenvalue weighted by molar-refractivity contribution is 0.0955. The molecule has 120 valence electrons. The van der Waals surface area contributed by atoms with Crippen LogP contribution in [0.1, 0.15) is 15.9 Å². The summed E-state index contributed by atoms with van der Waals surface area (Å²) in [5.74, 6) is 0.756. The standard InChI is InChI=1S/C16H14BrClN2O3/c1-22-14-8-12(17)7-11(15(14)23-2)9-19-20-16(21)10-3-5-13(18)6-4-10/h3-9H,1-2H3,(H,20,21)/b19-9-. The molecule has 2 rings (SSSR count). The van der Waals surface area contributed by atoms with Gasteiger partial charge in [-0.05, 0) is 36.4 Å². The molecule has 0 atom stereocenters. The topological polar surface area (TPSA) is 59.9 Å². The zero-order chi connectivity index (χ0) is 16.8. The van der Waals surface area contributed by atoms with Crippen LogP contribution in [0.4, 0.5) is 0 Å². The van der Waals surface area contributed by atoms with E-state index in [1.807, 2.05) is 0 Å². The van der Waals surface area contributed by atoms with Gasteiger partial charge in [-0.2, -0.15) is 5.10 Å². The molecule has 0 aliphatic heterocycles. The van der Waals surface area contributed by atoms with E-state index < -0.39 is 0 Å². The highest BCUT2D eigenvalue weighted by Crippen LogP contribution is 2.33. The molecule has 0 aliphatic rings. The van der Waals surface area contributed by atoms with Crippen LogP contribution in [-0.2, 0) is 0 Å². The molecule has 2 aromatic carbocycles. The van der Waals surface area contributed by atoms with Crippen molar-refractivity contribution in [3.05, 3.63) is 57.0 Å². The van der Waals surface area contributed by atoms with Gasteiger partial charge >= 0.3 is 0 Å². The highest BCUT2D eigenvalue weighted by Gasteiger charge is 2.10. The number of methoxy groups -OCH3 is 2. The van der Waals surface area contributed by atoms with Gasteiger partial charge in [0.05, 0.1) is 20.4 Å². The number of rotatable bonds is 5. The van der Waals surface area contributed by atoms with Crippen molar-refractivity contribution in [2.45, 2.75) is 0 Å². The number of halogens is 2. The van der Waals surface area contributed by atoms with Crippen LogP contribution in [0.2, 0.25) is 5.02 Å². The van der Waals surface area contributed by atoms with E-state index in [-0.39, 0.29) is 5.91 Å². The summed E-state index contributed by atoms with van der Waals surface area (Å²) in [6, 6.07) is 10.1. The molecule has 0 aliphatic carbocycles. The van der Waals surface area contributed by atoms with Gasteiger partial charge in [0.15, 0.2) is 11.5 Å². The van der Waals surface area contributed by atoms with Crippen LogP contribution in [0, 0.1) is 0 Å². The molecule has 0 heterocycles. The first-order chi connectivity index (χ1) is 11.0. The van der Waals surface area contributed by atoms with Crippen molar-refractivity contribution in [3.63, 3.8) is 0 Å². The summed E-state index contributed by atoms with van der Waals surface area (Å²) in [7, 11) is 3.09. The minimum Gasteiger partial charge on any atom is -0.493 e. The second-order valence-electron chi connectivity index (χ2n) is 4.44. The fourth-order valence-electron chi connectivity index (χ4n) is 1.88. The van der Waals surface area contributed by atoms with Gasteiger partial charge in [-0.3, -0.25) is 4.79 Å². The van der Waals surface area contributed by atoms with Gasteiger partial charge in [-0.1, -0.05) is 27.5 Å². The smallest absolute Gasteiger partial charge is 0.271 e. The molecule has 0 saturated heterocycles. The predicted octanol–water partition coefficient (Wildman–Crippen LogP) is 3.88. The van der Waals surface area contributed by atoms with Crippen LogP contribution < -0.4 is 14.9 Å². The Bertz CT molecular complexity index is 733. The number of hydrazone groups is 1. The number of carbonyl (C=O) groups excluding carboxylic acids is 1. The van der Waals surface area contributed by atoms with Crippen molar-refractivity contribution in [1.82, 2.24) is 5.43 Å². The van der Waals surface area contributed by atoms with E-state index in [0.717, 1.165) is 4.47 Å². The monoisotopic (exact) mass is 396 g/mol. The molecule has 0 bridgehead atoms. The predicted molar refractivity (Wildman–Crippen MR) is 93.8 cm³/mol. The number of hydrogen-bond acceptors (Lipinski definition) is 4. The number of carbonyl (C=O) groups is 1. The van der Waals surface area contributed by atoms with E-state index in [2.05, 4.69) is 26.5 Å². The lowest BCUT2D eigenvalue weighted by Crippen LogP contribution is -2.17. The third-order valence-electron chi connectivity index (χ3n) is 2.95. The second-order valence-corrected chi connectivity index (χ2v) is 5.79. The minimum atomic E-state index is -0.334. The first kappa shape index (κ1) is 17.3. The van der Waals surface area contributed by atoms with E-state index in [1.165, 1.54) is 13.3 Å². The van der Waals surface area contributed by atoms with E-state index >= 15 is 0 Å². The summed E-state index contributed by atoms with van der Waals surface area (Å²) in [5.41, 5.74) is 3.58. The molecule has 0 unspecified atom stereocenters. The Hall–Kier alpha value is -2.05. The van der Waals surface area contributed by atoms with Gasteiger partial charge in [0.1, 0.15) is 0 Å². The van der Waals surface area contributed by atoms with Crippen LogP contribution in [-0.4, -0.2) is 26.3 Å². The average Bonchev–Trinajstić information content (AvgIpc) is 2.54. The van der Waals surface area contributed by atoms with Gasteiger partial charge in [0.2, 0.25) is 0 Å². The van der Waals surface area contributed by atoms with Gasteiger partial charge in [-0.15, -0.1) is 0 Å². The van der Waals surface area contributed by atoms with E-state index in [4.69, 9.17) is 21.1 Å². The van der Waals surface area contributed by atoms with Crippen molar-refractivity contribution in [3.8, 4) is 11.5 Å². The maximum absolute atomic E-state index is 12.0. The summed E-state index contributed by atoms with van der Waals surface area (Å²) >= 11 is 9.17. The SMILES string of the molecule is COc1cc(Br)cc(/C=N\NC(=O)c2ccc(Cl)cc2)c1OC. The summed E-state index contributed by atoms with van der Waals surface area (Å²) in [5, 5.41) is 4.52. The molecule has 0 saturated carbocycles. The molecule has 2 aromatic rings.